The molecule has 0 spiro atoms. The number of halogens is 1. The lowest BCUT2D eigenvalue weighted by molar-refractivity contribution is 0.0729. The quantitative estimate of drug-likeness (QED) is 0.761. The minimum Gasteiger partial charge on any atom is -0.490 e. The lowest BCUT2D eigenvalue weighted by atomic mass is 9.88. The Morgan fingerprint density at radius 3 is 2.45 bits per heavy atom. The van der Waals surface area contributed by atoms with Gasteiger partial charge in [0.05, 0.1) is 28.6 Å². The van der Waals surface area contributed by atoms with Crippen molar-refractivity contribution in [1.29, 1.82) is 5.26 Å². The van der Waals surface area contributed by atoms with Crippen molar-refractivity contribution < 1.29 is 9.53 Å². The fraction of sp³-hybridized carbons (Fsp3) is 0.478. The molecule has 2 fully saturated rings. The summed E-state index contributed by atoms with van der Waals surface area (Å²) in [5.41, 5.74) is 6.87. The van der Waals surface area contributed by atoms with Crippen LogP contribution in [0.5, 0.6) is 5.75 Å². The van der Waals surface area contributed by atoms with Crippen molar-refractivity contribution in [3.8, 4) is 11.8 Å². The van der Waals surface area contributed by atoms with E-state index in [9.17, 15) is 4.79 Å². The van der Waals surface area contributed by atoms with Crippen LogP contribution in [0, 0.1) is 11.3 Å². The van der Waals surface area contributed by atoms with E-state index in [1.54, 1.807) is 18.3 Å². The number of benzene rings is 1. The van der Waals surface area contributed by atoms with Crippen molar-refractivity contribution >= 4 is 17.5 Å². The lowest BCUT2D eigenvalue weighted by Gasteiger charge is -2.40. The molecule has 0 radical (unpaired) electrons. The van der Waals surface area contributed by atoms with Crippen LogP contribution >= 0.6 is 11.6 Å². The van der Waals surface area contributed by atoms with Gasteiger partial charge in [0.2, 0.25) is 0 Å². The molecule has 2 aliphatic rings. The first-order valence-electron chi connectivity index (χ1n) is 10.8. The molecule has 7 nitrogen and oxygen atoms in total. The Bertz CT molecular complexity index is 959. The van der Waals surface area contributed by atoms with Gasteiger partial charge in [0.1, 0.15) is 17.5 Å². The number of piperidine rings is 1. The molecular weight excluding hydrogens is 414 g/mol. The van der Waals surface area contributed by atoms with Crippen LogP contribution in [0.25, 0.3) is 0 Å². The average molecular weight is 440 g/mol. The normalized spacial score (nSPS) is 22.6. The molecule has 1 aromatic heterocycles. The number of nitriles is 1. The minimum atomic E-state index is -0.546. The molecule has 2 heterocycles. The van der Waals surface area contributed by atoms with Gasteiger partial charge in [0.25, 0.3) is 5.91 Å². The standard InChI is InChI=1S/C23H26ClN5O2/c24-20-11-19(4-1-16(20)12-25)31-18-5-2-17(3-6-18)29-9-7-15(8-10-29)21-13-28-22(14-27-21)23(26)30/h1,4,11,13-15,17-18H,2-3,5-10H2,(H2,26,30). The smallest absolute Gasteiger partial charge is 0.268 e. The van der Waals surface area contributed by atoms with Gasteiger partial charge in [-0.25, -0.2) is 4.98 Å². The first-order valence-corrected chi connectivity index (χ1v) is 11.1. The number of primary amides is 1. The summed E-state index contributed by atoms with van der Waals surface area (Å²) in [6.45, 7) is 2.09. The number of hydrogen-bond acceptors (Lipinski definition) is 6. The van der Waals surface area contributed by atoms with Crippen molar-refractivity contribution in [3.05, 3.63) is 52.6 Å². The van der Waals surface area contributed by atoms with E-state index in [-0.39, 0.29) is 11.8 Å². The average Bonchev–Trinajstić information content (AvgIpc) is 2.80. The number of carbonyl (C=O) groups is 1. The minimum absolute atomic E-state index is 0.192. The monoisotopic (exact) mass is 439 g/mol. The van der Waals surface area contributed by atoms with E-state index in [0.717, 1.165) is 63.1 Å². The van der Waals surface area contributed by atoms with Gasteiger partial charge >= 0.3 is 0 Å². The summed E-state index contributed by atoms with van der Waals surface area (Å²) in [6.07, 6.45) is 9.72. The van der Waals surface area contributed by atoms with Crippen molar-refractivity contribution in [2.45, 2.75) is 56.6 Å². The van der Waals surface area contributed by atoms with Crippen molar-refractivity contribution in [2.75, 3.05) is 13.1 Å². The third kappa shape index (κ3) is 5.15. The summed E-state index contributed by atoms with van der Waals surface area (Å²) in [5.74, 6) is 0.568. The molecule has 4 rings (SSSR count). The summed E-state index contributed by atoms with van der Waals surface area (Å²) in [7, 11) is 0. The van der Waals surface area contributed by atoms with Crippen LogP contribution in [-0.2, 0) is 0 Å². The Morgan fingerprint density at radius 1 is 1.13 bits per heavy atom. The van der Waals surface area contributed by atoms with Crippen molar-refractivity contribution in [3.63, 3.8) is 0 Å². The summed E-state index contributed by atoms with van der Waals surface area (Å²) < 4.78 is 6.11. The molecule has 8 heteroatoms. The van der Waals surface area contributed by atoms with E-state index in [4.69, 9.17) is 27.3 Å². The van der Waals surface area contributed by atoms with E-state index in [0.29, 0.717) is 22.5 Å². The molecule has 1 aliphatic carbocycles. The molecule has 2 aromatic rings. The second-order valence-corrected chi connectivity index (χ2v) is 8.71. The highest BCUT2D eigenvalue weighted by Gasteiger charge is 2.30. The molecule has 1 saturated carbocycles. The summed E-state index contributed by atoms with van der Waals surface area (Å²) >= 11 is 6.11. The van der Waals surface area contributed by atoms with Crippen molar-refractivity contribution in [1.82, 2.24) is 14.9 Å². The number of nitrogens with two attached hydrogens (primary N) is 1. The lowest BCUT2D eigenvalue weighted by Crippen LogP contribution is -2.44. The molecule has 1 saturated heterocycles. The van der Waals surface area contributed by atoms with Gasteiger partial charge in [0, 0.05) is 24.2 Å². The van der Waals surface area contributed by atoms with Crippen LogP contribution in [-0.4, -0.2) is 46.0 Å². The maximum atomic E-state index is 11.2. The molecular formula is C23H26ClN5O2. The first-order chi connectivity index (χ1) is 15.0. The SMILES string of the molecule is N#Cc1ccc(OC2CCC(N3CCC(c4cnc(C(N)=O)cn4)CC3)CC2)cc1Cl. The Morgan fingerprint density at radius 2 is 1.87 bits per heavy atom. The highest BCUT2D eigenvalue weighted by molar-refractivity contribution is 6.31. The number of carbonyl (C=O) groups excluding carboxylic acids is 1. The van der Waals surface area contributed by atoms with E-state index in [1.165, 1.54) is 6.20 Å². The zero-order valence-electron chi connectivity index (χ0n) is 17.3. The highest BCUT2D eigenvalue weighted by Crippen LogP contribution is 2.33. The van der Waals surface area contributed by atoms with Crippen LogP contribution in [0.15, 0.2) is 30.6 Å². The van der Waals surface area contributed by atoms with Gasteiger partial charge in [-0.15, -0.1) is 0 Å². The number of hydrogen-bond donors (Lipinski definition) is 1. The largest absolute Gasteiger partial charge is 0.490 e. The Labute approximate surface area is 187 Å². The summed E-state index contributed by atoms with van der Waals surface area (Å²) in [4.78, 5) is 22.3. The topological polar surface area (TPSA) is 105 Å². The molecule has 0 bridgehead atoms. The van der Waals surface area contributed by atoms with Gasteiger partial charge in [-0.2, -0.15) is 5.26 Å². The van der Waals surface area contributed by atoms with Gasteiger partial charge in [-0.1, -0.05) is 11.6 Å². The number of amides is 1. The van der Waals surface area contributed by atoms with Gasteiger partial charge in [-0.3, -0.25) is 9.78 Å². The van der Waals surface area contributed by atoms with Crippen LogP contribution < -0.4 is 10.5 Å². The number of ether oxygens (including phenoxy) is 1. The summed E-state index contributed by atoms with van der Waals surface area (Å²) in [5, 5.41) is 9.43. The molecule has 0 atom stereocenters. The molecule has 162 valence electrons. The number of likely N-dealkylation sites (tertiary alicyclic amines) is 1. The Kier molecular flexibility index (Phi) is 6.69. The predicted octanol–water partition coefficient (Wildman–Crippen LogP) is 3.67. The molecule has 0 unspecified atom stereocenters. The number of aromatic nitrogens is 2. The fourth-order valence-corrected chi connectivity index (χ4v) is 4.83. The molecule has 1 aromatic carbocycles. The van der Waals surface area contributed by atoms with Crippen molar-refractivity contribution in [2.24, 2.45) is 5.73 Å². The first kappa shape index (κ1) is 21.5. The van der Waals surface area contributed by atoms with E-state index in [2.05, 4.69) is 20.9 Å². The second kappa shape index (κ2) is 9.63. The second-order valence-electron chi connectivity index (χ2n) is 8.30. The molecule has 1 amide bonds. The number of nitrogens with zero attached hydrogens (tertiary/aromatic N) is 4. The van der Waals surface area contributed by atoms with Crippen LogP contribution in [0.3, 0.4) is 0 Å². The maximum Gasteiger partial charge on any atom is 0.268 e. The van der Waals surface area contributed by atoms with Crippen LogP contribution in [0.4, 0.5) is 0 Å². The Balaban J connectivity index is 1.24. The van der Waals surface area contributed by atoms with Crippen LogP contribution in [0.1, 0.15) is 66.2 Å². The third-order valence-corrected chi connectivity index (χ3v) is 6.71. The molecule has 2 N–H and O–H groups in total. The van der Waals surface area contributed by atoms with Gasteiger partial charge < -0.3 is 15.4 Å². The Hall–Kier alpha value is -2.69. The third-order valence-electron chi connectivity index (χ3n) is 6.40. The van der Waals surface area contributed by atoms with Crippen LogP contribution in [0.2, 0.25) is 5.02 Å². The molecule has 1 aliphatic heterocycles. The molecule has 31 heavy (non-hydrogen) atoms. The highest BCUT2D eigenvalue weighted by atomic mass is 35.5. The predicted molar refractivity (Wildman–Crippen MR) is 117 cm³/mol. The maximum absolute atomic E-state index is 11.2. The zero-order valence-corrected chi connectivity index (χ0v) is 18.1. The van der Waals surface area contributed by atoms with E-state index >= 15 is 0 Å². The summed E-state index contributed by atoms with van der Waals surface area (Å²) in [6, 6.07) is 7.92. The van der Waals surface area contributed by atoms with Gasteiger partial charge in [-0.05, 0) is 63.7 Å². The van der Waals surface area contributed by atoms with E-state index < -0.39 is 5.91 Å². The van der Waals surface area contributed by atoms with Gasteiger partial charge in [0.15, 0.2) is 0 Å². The number of rotatable bonds is 5. The fourth-order valence-electron chi connectivity index (χ4n) is 4.62. The zero-order chi connectivity index (χ0) is 21.8. The van der Waals surface area contributed by atoms with E-state index in [1.807, 2.05) is 6.07 Å².